The molecular formula is C11H12BrN3O2S2. The Kier molecular flexibility index (Phi) is 6.82. The predicted octanol–water partition coefficient (Wildman–Crippen LogP) is 1.88. The largest absolute Gasteiger partial charge is 0.468 e. The second kappa shape index (κ2) is 8.13. The maximum absolute atomic E-state index is 11.2. The number of hydrogen-bond donors (Lipinski definition) is 2. The molecule has 0 amide bonds. The lowest BCUT2D eigenvalue weighted by atomic mass is 10.2. The fourth-order valence-electron chi connectivity index (χ4n) is 1.10. The summed E-state index contributed by atoms with van der Waals surface area (Å²) in [5.41, 5.74) is 8.59. The third-order valence-corrected chi connectivity index (χ3v) is 3.56. The van der Waals surface area contributed by atoms with Gasteiger partial charge in [0.25, 0.3) is 0 Å². The first kappa shape index (κ1) is 15.9. The van der Waals surface area contributed by atoms with Gasteiger partial charge in [-0.15, -0.1) is 11.8 Å². The number of nitrogens with zero attached hydrogens (tertiary/aromatic N) is 1. The van der Waals surface area contributed by atoms with Gasteiger partial charge in [-0.2, -0.15) is 5.10 Å². The molecule has 0 aliphatic heterocycles. The number of hydrazone groups is 1. The lowest BCUT2D eigenvalue weighted by Crippen LogP contribution is -2.24. The number of hydrogen-bond acceptors (Lipinski definition) is 5. The number of thiocarbonyl (C=S) groups is 1. The average molecular weight is 362 g/mol. The summed E-state index contributed by atoms with van der Waals surface area (Å²) in [6.07, 6.45) is 1.59. The van der Waals surface area contributed by atoms with Crippen LogP contribution in [0.4, 0.5) is 0 Å². The number of nitrogens with one attached hydrogen (secondary N) is 1. The molecule has 1 aromatic rings. The number of benzene rings is 1. The molecule has 3 N–H and O–H groups in total. The zero-order chi connectivity index (χ0) is 14.3. The van der Waals surface area contributed by atoms with E-state index in [4.69, 9.17) is 5.73 Å². The van der Waals surface area contributed by atoms with Crippen LogP contribution in [-0.4, -0.2) is 30.2 Å². The highest BCUT2D eigenvalue weighted by Gasteiger charge is 2.06. The van der Waals surface area contributed by atoms with Crippen molar-refractivity contribution in [1.29, 1.82) is 0 Å². The fraction of sp³-hybridized carbons (Fsp3) is 0.182. The molecule has 0 heterocycles. The summed E-state index contributed by atoms with van der Waals surface area (Å²) in [5.74, 6) is -0.0506. The number of nitrogens with two attached hydrogens (primary N) is 1. The molecule has 1 aromatic carbocycles. The van der Waals surface area contributed by atoms with Crippen molar-refractivity contribution in [3.63, 3.8) is 0 Å². The van der Waals surface area contributed by atoms with E-state index in [0.717, 1.165) is 14.9 Å². The van der Waals surface area contributed by atoms with Crippen molar-refractivity contribution >= 4 is 57.2 Å². The van der Waals surface area contributed by atoms with Gasteiger partial charge in [0.2, 0.25) is 0 Å². The molecule has 8 heteroatoms. The van der Waals surface area contributed by atoms with Crippen molar-refractivity contribution in [3.8, 4) is 0 Å². The highest BCUT2D eigenvalue weighted by molar-refractivity contribution is 9.10. The summed E-state index contributed by atoms with van der Waals surface area (Å²) in [6.45, 7) is 0. The minimum absolute atomic E-state index is 0.0946. The molecule has 1 rings (SSSR count). The third-order valence-electron chi connectivity index (χ3n) is 1.93. The van der Waals surface area contributed by atoms with Gasteiger partial charge >= 0.3 is 5.97 Å². The zero-order valence-electron chi connectivity index (χ0n) is 10.1. The van der Waals surface area contributed by atoms with Gasteiger partial charge in [-0.25, -0.2) is 0 Å². The minimum atomic E-state index is -0.283. The summed E-state index contributed by atoms with van der Waals surface area (Å²) in [4.78, 5) is 12.0. The second-order valence-electron chi connectivity index (χ2n) is 3.28. The maximum Gasteiger partial charge on any atom is 0.315 e. The van der Waals surface area contributed by atoms with E-state index in [1.54, 1.807) is 6.21 Å². The molecule has 0 aromatic heterocycles. The van der Waals surface area contributed by atoms with E-state index in [9.17, 15) is 4.79 Å². The van der Waals surface area contributed by atoms with Crippen LogP contribution in [0.25, 0.3) is 0 Å². The van der Waals surface area contributed by atoms with E-state index in [2.05, 4.69) is 43.4 Å². The lowest BCUT2D eigenvalue weighted by molar-refractivity contribution is -0.137. The van der Waals surface area contributed by atoms with Crippen molar-refractivity contribution in [3.05, 3.63) is 28.2 Å². The topological polar surface area (TPSA) is 76.7 Å². The molecule has 0 atom stereocenters. The molecule has 102 valence electrons. The lowest BCUT2D eigenvalue weighted by Gasteiger charge is -2.05. The molecule has 0 bridgehead atoms. The number of carbonyl (C=O) groups excluding carboxylic acids is 1. The van der Waals surface area contributed by atoms with E-state index < -0.39 is 0 Å². The van der Waals surface area contributed by atoms with Gasteiger partial charge in [0, 0.05) is 14.9 Å². The zero-order valence-corrected chi connectivity index (χ0v) is 13.3. The summed E-state index contributed by atoms with van der Waals surface area (Å²) in [7, 11) is 1.36. The van der Waals surface area contributed by atoms with Crippen LogP contribution in [0.5, 0.6) is 0 Å². The van der Waals surface area contributed by atoms with Crippen molar-refractivity contribution in [2.45, 2.75) is 4.90 Å². The molecule has 0 saturated heterocycles. The van der Waals surface area contributed by atoms with Crippen LogP contribution in [0.15, 0.2) is 32.7 Å². The number of methoxy groups -OCH3 is 1. The quantitative estimate of drug-likeness (QED) is 0.274. The Balaban J connectivity index is 2.82. The van der Waals surface area contributed by atoms with Crippen LogP contribution in [0.3, 0.4) is 0 Å². The van der Waals surface area contributed by atoms with Gasteiger partial charge in [0.05, 0.1) is 19.1 Å². The SMILES string of the molecule is COC(=O)CSc1cc(Br)ccc1C=NNC(N)=S. The van der Waals surface area contributed by atoms with Crippen molar-refractivity contribution in [2.75, 3.05) is 12.9 Å². The number of rotatable bonds is 5. The molecule has 0 fully saturated rings. The van der Waals surface area contributed by atoms with Crippen LogP contribution in [0.1, 0.15) is 5.56 Å². The monoisotopic (exact) mass is 361 g/mol. The Morgan fingerprint density at radius 1 is 1.68 bits per heavy atom. The first-order valence-electron chi connectivity index (χ1n) is 5.10. The summed E-state index contributed by atoms with van der Waals surface area (Å²) in [5, 5.41) is 3.99. The molecule has 0 spiro atoms. The third kappa shape index (κ3) is 6.04. The molecule has 0 unspecified atom stereocenters. The van der Waals surface area contributed by atoms with Crippen LogP contribution in [0.2, 0.25) is 0 Å². The molecule has 0 radical (unpaired) electrons. The smallest absolute Gasteiger partial charge is 0.315 e. The van der Waals surface area contributed by atoms with E-state index in [0.29, 0.717) is 0 Å². The molecule has 0 aliphatic rings. The summed E-state index contributed by atoms with van der Waals surface area (Å²) < 4.78 is 5.52. The van der Waals surface area contributed by atoms with Crippen LogP contribution >= 0.6 is 39.9 Å². The highest BCUT2D eigenvalue weighted by atomic mass is 79.9. The summed E-state index contributed by atoms with van der Waals surface area (Å²) in [6, 6.07) is 5.65. The molecular weight excluding hydrogens is 350 g/mol. The number of ether oxygens (including phenoxy) is 1. The molecule has 19 heavy (non-hydrogen) atoms. The first-order valence-corrected chi connectivity index (χ1v) is 7.29. The second-order valence-corrected chi connectivity index (χ2v) is 5.65. The van der Waals surface area contributed by atoms with E-state index in [1.807, 2.05) is 18.2 Å². The Hall–Kier alpha value is -1.12. The number of carbonyl (C=O) groups is 1. The Morgan fingerprint density at radius 3 is 3.05 bits per heavy atom. The maximum atomic E-state index is 11.2. The molecule has 5 nitrogen and oxygen atoms in total. The van der Waals surface area contributed by atoms with Crippen LogP contribution in [-0.2, 0) is 9.53 Å². The fourth-order valence-corrected chi connectivity index (χ4v) is 2.56. The van der Waals surface area contributed by atoms with Gasteiger partial charge in [-0.3, -0.25) is 10.2 Å². The van der Waals surface area contributed by atoms with E-state index in [1.165, 1.54) is 18.9 Å². The van der Waals surface area contributed by atoms with Gasteiger partial charge < -0.3 is 10.5 Å². The minimum Gasteiger partial charge on any atom is -0.468 e. The van der Waals surface area contributed by atoms with Crippen molar-refractivity contribution in [2.24, 2.45) is 10.8 Å². The normalized spacial score (nSPS) is 10.4. The highest BCUT2D eigenvalue weighted by Crippen LogP contribution is 2.25. The average Bonchev–Trinajstić information content (AvgIpc) is 2.37. The number of halogens is 1. The van der Waals surface area contributed by atoms with E-state index >= 15 is 0 Å². The summed E-state index contributed by atoms with van der Waals surface area (Å²) >= 11 is 9.39. The number of esters is 1. The van der Waals surface area contributed by atoms with Crippen molar-refractivity contribution < 1.29 is 9.53 Å². The van der Waals surface area contributed by atoms with Gasteiger partial charge in [-0.1, -0.05) is 22.0 Å². The predicted molar refractivity (Wildman–Crippen MR) is 84.4 cm³/mol. The van der Waals surface area contributed by atoms with Gasteiger partial charge in [0.1, 0.15) is 0 Å². The van der Waals surface area contributed by atoms with Crippen LogP contribution in [0, 0.1) is 0 Å². The van der Waals surface area contributed by atoms with Gasteiger partial charge in [-0.05, 0) is 24.4 Å². The Labute approximate surface area is 129 Å². The standard InChI is InChI=1S/C11H12BrN3O2S2/c1-17-10(16)6-19-9-4-8(12)3-2-7(9)5-14-15-11(13)18/h2-5H,6H2,1H3,(H3,13,15,18). The molecule has 0 aliphatic carbocycles. The van der Waals surface area contributed by atoms with Gasteiger partial charge in [0.15, 0.2) is 5.11 Å². The van der Waals surface area contributed by atoms with Crippen molar-refractivity contribution in [1.82, 2.24) is 5.43 Å². The Bertz CT molecular complexity index is 509. The number of thioether (sulfide) groups is 1. The molecule has 0 saturated carbocycles. The first-order chi connectivity index (χ1) is 9.02. The van der Waals surface area contributed by atoms with Crippen LogP contribution < -0.4 is 11.2 Å². The van der Waals surface area contributed by atoms with E-state index in [-0.39, 0.29) is 16.8 Å². The Morgan fingerprint density at radius 2 is 2.42 bits per heavy atom.